The summed E-state index contributed by atoms with van der Waals surface area (Å²) in [7, 11) is 3.18. The third-order valence-electron chi connectivity index (χ3n) is 2.50. The standard InChI is InChI=1S/C10H15N3O3/c1-6-8(5-12(3)11-6)9(14)13(4)7(2)10(15)16/h5,7H,1-4H3,(H,15,16). The first-order valence-corrected chi connectivity index (χ1v) is 4.84. The van der Waals surface area contributed by atoms with Crippen LogP contribution in [0.25, 0.3) is 0 Å². The molecule has 16 heavy (non-hydrogen) atoms. The summed E-state index contributed by atoms with van der Waals surface area (Å²) in [5.41, 5.74) is 1.02. The van der Waals surface area contributed by atoms with Gasteiger partial charge in [-0.3, -0.25) is 9.48 Å². The molecule has 1 aromatic heterocycles. The van der Waals surface area contributed by atoms with Crippen LogP contribution in [0.2, 0.25) is 0 Å². The molecule has 0 bridgehead atoms. The predicted octanol–water partition coefficient (Wildman–Crippen LogP) is 0.274. The van der Waals surface area contributed by atoms with Gasteiger partial charge in [0.1, 0.15) is 6.04 Å². The fourth-order valence-electron chi connectivity index (χ4n) is 1.34. The first kappa shape index (κ1) is 12.2. The average molecular weight is 225 g/mol. The molecule has 1 heterocycles. The molecule has 0 spiro atoms. The first-order valence-electron chi connectivity index (χ1n) is 4.84. The van der Waals surface area contributed by atoms with E-state index in [4.69, 9.17) is 5.11 Å². The SMILES string of the molecule is Cc1nn(C)cc1C(=O)N(C)C(C)C(=O)O. The van der Waals surface area contributed by atoms with Crippen molar-refractivity contribution in [2.75, 3.05) is 7.05 Å². The third kappa shape index (κ3) is 2.21. The molecule has 0 aliphatic carbocycles. The lowest BCUT2D eigenvalue weighted by Crippen LogP contribution is -2.40. The van der Waals surface area contributed by atoms with Gasteiger partial charge in [-0.15, -0.1) is 0 Å². The monoisotopic (exact) mass is 225 g/mol. The Kier molecular flexibility index (Phi) is 3.31. The lowest BCUT2D eigenvalue weighted by Gasteiger charge is -2.20. The molecule has 6 nitrogen and oxygen atoms in total. The van der Waals surface area contributed by atoms with Crippen LogP contribution < -0.4 is 0 Å². The molecule has 0 aromatic carbocycles. The number of carboxylic acid groups (broad SMARTS) is 1. The summed E-state index contributed by atoms with van der Waals surface area (Å²) in [5.74, 6) is -1.36. The molecule has 1 unspecified atom stereocenters. The topological polar surface area (TPSA) is 75.4 Å². The second kappa shape index (κ2) is 4.34. The van der Waals surface area contributed by atoms with Crippen LogP contribution in [-0.4, -0.2) is 44.8 Å². The lowest BCUT2D eigenvalue weighted by atomic mass is 10.2. The van der Waals surface area contributed by atoms with Crippen molar-refractivity contribution in [3.8, 4) is 0 Å². The second-order valence-electron chi connectivity index (χ2n) is 3.73. The van der Waals surface area contributed by atoms with E-state index in [2.05, 4.69) is 5.10 Å². The van der Waals surface area contributed by atoms with Crippen LogP contribution in [0.3, 0.4) is 0 Å². The Labute approximate surface area is 93.5 Å². The molecule has 0 fully saturated rings. The van der Waals surface area contributed by atoms with Crippen molar-refractivity contribution in [3.05, 3.63) is 17.5 Å². The van der Waals surface area contributed by atoms with Crippen molar-refractivity contribution in [1.82, 2.24) is 14.7 Å². The summed E-state index contributed by atoms with van der Waals surface area (Å²) in [4.78, 5) is 23.9. The normalized spacial score (nSPS) is 12.2. The van der Waals surface area contributed by atoms with Crippen molar-refractivity contribution in [2.24, 2.45) is 7.05 Å². The Hall–Kier alpha value is -1.85. The molecule has 1 rings (SSSR count). The maximum Gasteiger partial charge on any atom is 0.326 e. The van der Waals surface area contributed by atoms with Crippen LogP contribution >= 0.6 is 0 Å². The summed E-state index contributed by atoms with van der Waals surface area (Å²) in [6.45, 7) is 3.18. The summed E-state index contributed by atoms with van der Waals surface area (Å²) in [6, 6.07) is -0.855. The van der Waals surface area contributed by atoms with E-state index in [-0.39, 0.29) is 5.91 Å². The smallest absolute Gasteiger partial charge is 0.326 e. The zero-order valence-electron chi connectivity index (χ0n) is 9.76. The minimum atomic E-state index is -1.03. The van der Waals surface area contributed by atoms with E-state index in [0.717, 1.165) is 0 Å². The maximum atomic E-state index is 11.9. The van der Waals surface area contributed by atoms with E-state index in [1.54, 1.807) is 20.2 Å². The van der Waals surface area contributed by atoms with E-state index in [0.29, 0.717) is 11.3 Å². The number of carboxylic acids is 1. The van der Waals surface area contributed by atoms with Crippen LogP contribution in [0, 0.1) is 6.92 Å². The number of nitrogens with zero attached hydrogens (tertiary/aromatic N) is 3. The molecule has 0 saturated carbocycles. The van der Waals surface area contributed by atoms with Gasteiger partial charge in [0.15, 0.2) is 0 Å². The van der Waals surface area contributed by atoms with Crippen molar-refractivity contribution >= 4 is 11.9 Å². The van der Waals surface area contributed by atoms with Gasteiger partial charge in [-0.25, -0.2) is 4.79 Å². The number of hydrogen-bond donors (Lipinski definition) is 1. The Balaban J connectivity index is 2.94. The predicted molar refractivity (Wildman–Crippen MR) is 57.1 cm³/mol. The Morgan fingerprint density at radius 2 is 2.12 bits per heavy atom. The van der Waals surface area contributed by atoms with Crippen LogP contribution in [0.15, 0.2) is 6.20 Å². The van der Waals surface area contributed by atoms with E-state index < -0.39 is 12.0 Å². The summed E-state index contributed by atoms with van der Waals surface area (Å²) < 4.78 is 1.53. The number of rotatable bonds is 3. The van der Waals surface area contributed by atoms with Crippen molar-refractivity contribution in [1.29, 1.82) is 0 Å². The molecule has 0 radical (unpaired) electrons. The molecular formula is C10H15N3O3. The highest BCUT2D eigenvalue weighted by molar-refractivity contribution is 5.97. The Morgan fingerprint density at radius 1 is 1.56 bits per heavy atom. The van der Waals surface area contributed by atoms with Crippen LogP contribution in [0.4, 0.5) is 0 Å². The fraction of sp³-hybridized carbons (Fsp3) is 0.500. The van der Waals surface area contributed by atoms with Gasteiger partial charge < -0.3 is 10.0 Å². The highest BCUT2D eigenvalue weighted by Gasteiger charge is 2.24. The lowest BCUT2D eigenvalue weighted by molar-refractivity contribution is -0.141. The zero-order valence-corrected chi connectivity index (χ0v) is 9.76. The fourth-order valence-corrected chi connectivity index (χ4v) is 1.34. The maximum absolute atomic E-state index is 11.9. The number of carbonyl (C=O) groups excluding carboxylic acids is 1. The van der Waals surface area contributed by atoms with Crippen LogP contribution in [0.1, 0.15) is 23.0 Å². The Morgan fingerprint density at radius 3 is 2.50 bits per heavy atom. The highest BCUT2D eigenvalue weighted by Crippen LogP contribution is 2.10. The van der Waals surface area contributed by atoms with Gasteiger partial charge in [0.2, 0.25) is 0 Å². The molecule has 0 aliphatic rings. The number of hydrogen-bond acceptors (Lipinski definition) is 3. The van der Waals surface area contributed by atoms with Gasteiger partial charge in [0.25, 0.3) is 5.91 Å². The second-order valence-corrected chi connectivity index (χ2v) is 3.73. The van der Waals surface area contributed by atoms with Gasteiger partial charge in [-0.1, -0.05) is 0 Å². The molecule has 1 atom stereocenters. The molecule has 6 heteroatoms. The van der Waals surface area contributed by atoms with Crippen molar-refractivity contribution in [3.63, 3.8) is 0 Å². The molecule has 88 valence electrons. The minimum Gasteiger partial charge on any atom is -0.480 e. The average Bonchev–Trinajstić information content (AvgIpc) is 2.54. The van der Waals surface area contributed by atoms with E-state index >= 15 is 0 Å². The van der Waals surface area contributed by atoms with Crippen LogP contribution in [0.5, 0.6) is 0 Å². The molecular weight excluding hydrogens is 210 g/mol. The van der Waals surface area contributed by atoms with Gasteiger partial charge in [-0.05, 0) is 13.8 Å². The molecule has 1 N–H and O–H groups in total. The number of likely N-dealkylation sites (N-methyl/N-ethyl adjacent to an activating group) is 1. The van der Waals surface area contributed by atoms with Gasteiger partial charge in [0.05, 0.1) is 11.3 Å². The van der Waals surface area contributed by atoms with Gasteiger partial charge in [0, 0.05) is 20.3 Å². The van der Waals surface area contributed by atoms with Crippen LogP contribution in [-0.2, 0) is 11.8 Å². The van der Waals surface area contributed by atoms with Crippen molar-refractivity contribution < 1.29 is 14.7 Å². The molecule has 1 aromatic rings. The van der Waals surface area contributed by atoms with E-state index in [9.17, 15) is 9.59 Å². The summed E-state index contributed by atoms with van der Waals surface area (Å²) >= 11 is 0. The molecule has 0 aliphatic heterocycles. The first-order chi connectivity index (χ1) is 7.34. The zero-order chi connectivity index (χ0) is 12.5. The van der Waals surface area contributed by atoms with E-state index in [1.165, 1.54) is 23.6 Å². The van der Waals surface area contributed by atoms with E-state index in [1.807, 2.05) is 0 Å². The summed E-state index contributed by atoms with van der Waals surface area (Å²) in [5, 5.41) is 12.8. The largest absolute Gasteiger partial charge is 0.480 e. The molecule has 1 amide bonds. The number of aliphatic carboxylic acids is 1. The van der Waals surface area contributed by atoms with Crippen molar-refractivity contribution in [2.45, 2.75) is 19.9 Å². The number of aryl methyl sites for hydroxylation is 2. The minimum absolute atomic E-state index is 0.333. The summed E-state index contributed by atoms with van der Waals surface area (Å²) in [6.07, 6.45) is 1.59. The number of carbonyl (C=O) groups is 2. The Bertz CT molecular complexity index is 425. The van der Waals surface area contributed by atoms with Gasteiger partial charge >= 0.3 is 5.97 Å². The van der Waals surface area contributed by atoms with Gasteiger partial charge in [-0.2, -0.15) is 5.10 Å². The quantitative estimate of drug-likeness (QED) is 0.801. The molecule has 0 saturated heterocycles. The highest BCUT2D eigenvalue weighted by atomic mass is 16.4. The number of aromatic nitrogens is 2. The third-order valence-corrected chi connectivity index (χ3v) is 2.50. The number of amides is 1.